The number of methoxy groups -OCH3 is 1. The van der Waals surface area contributed by atoms with Crippen LogP contribution in [0, 0.1) is 5.92 Å². The highest BCUT2D eigenvalue weighted by molar-refractivity contribution is 7.89. The van der Waals surface area contributed by atoms with E-state index in [9.17, 15) is 18.3 Å². The van der Waals surface area contributed by atoms with Gasteiger partial charge in [0.15, 0.2) is 0 Å². The Balaban J connectivity index is 2.59. The van der Waals surface area contributed by atoms with E-state index in [0.717, 1.165) is 32.1 Å². The van der Waals surface area contributed by atoms with Crippen LogP contribution in [0.2, 0.25) is 0 Å². The van der Waals surface area contributed by atoms with Crippen molar-refractivity contribution >= 4 is 16.0 Å². The zero-order valence-electron chi connectivity index (χ0n) is 11.3. The first kappa shape index (κ1) is 16.4. The van der Waals surface area contributed by atoms with E-state index in [-0.39, 0.29) is 11.7 Å². The van der Waals surface area contributed by atoms with Gasteiger partial charge in [-0.05, 0) is 25.2 Å². The molecule has 0 aromatic carbocycles. The van der Waals surface area contributed by atoms with Crippen molar-refractivity contribution < 1.29 is 23.1 Å². The van der Waals surface area contributed by atoms with Gasteiger partial charge in [0.2, 0.25) is 10.0 Å². The molecule has 2 N–H and O–H groups in total. The average Bonchev–Trinajstić information content (AvgIpc) is 2.37. The van der Waals surface area contributed by atoms with E-state index in [1.54, 1.807) is 0 Å². The molecule has 19 heavy (non-hydrogen) atoms. The molecule has 0 amide bonds. The topological polar surface area (TPSA) is 92.7 Å². The Bertz CT molecular complexity index is 376. The Morgan fingerprint density at radius 3 is 2.53 bits per heavy atom. The number of hydrogen-bond donors (Lipinski definition) is 2. The second-order valence-corrected chi connectivity index (χ2v) is 6.87. The summed E-state index contributed by atoms with van der Waals surface area (Å²) in [5, 5.41) is 9.21. The molecule has 1 rings (SSSR count). The summed E-state index contributed by atoms with van der Waals surface area (Å²) >= 11 is 0. The van der Waals surface area contributed by atoms with Crippen LogP contribution in [0.25, 0.3) is 0 Å². The Hall–Kier alpha value is -0.660. The lowest BCUT2D eigenvalue weighted by molar-refractivity contribution is -0.140. The van der Waals surface area contributed by atoms with Gasteiger partial charge in [-0.2, -0.15) is 0 Å². The van der Waals surface area contributed by atoms with Gasteiger partial charge >= 0.3 is 5.97 Å². The average molecular weight is 293 g/mol. The number of nitrogens with one attached hydrogen (secondary N) is 1. The number of sulfonamides is 1. The highest BCUT2D eigenvalue weighted by Gasteiger charge is 2.32. The lowest BCUT2D eigenvalue weighted by Crippen LogP contribution is -2.47. The second kappa shape index (κ2) is 7.81. The number of carboxylic acid groups (broad SMARTS) is 1. The summed E-state index contributed by atoms with van der Waals surface area (Å²) in [5.41, 5.74) is 0. The fourth-order valence-corrected chi connectivity index (χ4v) is 3.76. The summed E-state index contributed by atoms with van der Waals surface area (Å²) < 4.78 is 30.8. The summed E-state index contributed by atoms with van der Waals surface area (Å²) in [4.78, 5) is 11.3. The van der Waals surface area contributed by atoms with Crippen molar-refractivity contribution in [2.24, 2.45) is 5.92 Å². The standard InChI is InChI=1S/C12H23NO5S/c1-18-8-5-9-19(16,17)13-11(12(14)15)10-6-3-2-4-7-10/h10-11,13H,2-9H2,1H3,(H,14,15). The molecule has 112 valence electrons. The Morgan fingerprint density at radius 1 is 1.37 bits per heavy atom. The molecule has 0 aliphatic heterocycles. The maximum Gasteiger partial charge on any atom is 0.322 e. The van der Waals surface area contributed by atoms with Crippen LogP contribution in [0.1, 0.15) is 38.5 Å². The van der Waals surface area contributed by atoms with Gasteiger partial charge in [-0.25, -0.2) is 13.1 Å². The van der Waals surface area contributed by atoms with Crippen molar-refractivity contribution in [2.45, 2.75) is 44.6 Å². The SMILES string of the molecule is COCCCS(=O)(=O)NC(C(=O)O)C1CCCCC1. The van der Waals surface area contributed by atoms with Crippen LogP contribution in [0.15, 0.2) is 0 Å². The monoisotopic (exact) mass is 293 g/mol. The highest BCUT2D eigenvalue weighted by atomic mass is 32.2. The minimum atomic E-state index is -3.56. The Morgan fingerprint density at radius 2 is 2.00 bits per heavy atom. The molecule has 1 unspecified atom stereocenters. The molecule has 0 saturated heterocycles. The summed E-state index contributed by atoms with van der Waals surface area (Å²) in [6.45, 7) is 0.349. The molecule has 0 bridgehead atoms. The number of carboxylic acids is 1. The highest BCUT2D eigenvalue weighted by Crippen LogP contribution is 2.27. The second-order valence-electron chi connectivity index (χ2n) is 5.00. The van der Waals surface area contributed by atoms with Crippen LogP contribution in [0.4, 0.5) is 0 Å². The molecule has 1 fully saturated rings. The van der Waals surface area contributed by atoms with Gasteiger partial charge in [-0.1, -0.05) is 19.3 Å². The minimum Gasteiger partial charge on any atom is -0.480 e. The fourth-order valence-electron chi connectivity index (χ4n) is 2.46. The lowest BCUT2D eigenvalue weighted by Gasteiger charge is -2.27. The number of aliphatic carboxylic acids is 1. The molecule has 1 aliphatic carbocycles. The summed E-state index contributed by atoms with van der Waals surface area (Å²) in [6, 6.07) is -0.993. The lowest BCUT2D eigenvalue weighted by atomic mass is 9.84. The van der Waals surface area contributed by atoms with Crippen molar-refractivity contribution in [1.29, 1.82) is 0 Å². The van der Waals surface area contributed by atoms with E-state index in [4.69, 9.17) is 4.74 Å². The first-order valence-electron chi connectivity index (χ1n) is 6.68. The molecule has 6 nitrogen and oxygen atoms in total. The normalized spacial score (nSPS) is 19.2. The van der Waals surface area contributed by atoms with Crippen LogP contribution in [-0.4, -0.2) is 45.0 Å². The van der Waals surface area contributed by atoms with E-state index >= 15 is 0 Å². The van der Waals surface area contributed by atoms with Gasteiger partial charge in [-0.3, -0.25) is 4.79 Å². The quantitative estimate of drug-likeness (QED) is 0.651. The zero-order valence-corrected chi connectivity index (χ0v) is 12.1. The third-order valence-electron chi connectivity index (χ3n) is 3.46. The summed E-state index contributed by atoms with van der Waals surface area (Å²) in [6.07, 6.45) is 4.96. The van der Waals surface area contributed by atoms with Gasteiger partial charge in [0.05, 0.1) is 5.75 Å². The molecule has 1 saturated carbocycles. The maximum absolute atomic E-state index is 11.8. The first-order chi connectivity index (χ1) is 8.96. The van der Waals surface area contributed by atoms with Crippen molar-refractivity contribution in [3.8, 4) is 0 Å². The molecule has 7 heteroatoms. The first-order valence-corrected chi connectivity index (χ1v) is 8.33. The smallest absolute Gasteiger partial charge is 0.322 e. The Labute approximate surface area is 114 Å². The van der Waals surface area contributed by atoms with Crippen molar-refractivity contribution in [1.82, 2.24) is 4.72 Å². The van der Waals surface area contributed by atoms with Gasteiger partial charge in [0, 0.05) is 13.7 Å². The van der Waals surface area contributed by atoms with Gasteiger partial charge in [-0.15, -0.1) is 0 Å². The molecular weight excluding hydrogens is 270 g/mol. The van der Waals surface area contributed by atoms with Crippen LogP contribution < -0.4 is 4.72 Å². The van der Waals surface area contributed by atoms with Crippen molar-refractivity contribution in [3.63, 3.8) is 0 Å². The molecule has 0 aromatic heterocycles. The van der Waals surface area contributed by atoms with Crippen LogP contribution >= 0.6 is 0 Å². The molecule has 0 radical (unpaired) electrons. The molecular formula is C12H23NO5S. The maximum atomic E-state index is 11.8. The fraction of sp³-hybridized carbons (Fsp3) is 0.917. The van der Waals surface area contributed by atoms with Crippen molar-refractivity contribution in [3.05, 3.63) is 0 Å². The molecule has 1 atom stereocenters. The van der Waals surface area contributed by atoms with Crippen LogP contribution in [0.5, 0.6) is 0 Å². The van der Waals surface area contributed by atoms with Crippen molar-refractivity contribution in [2.75, 3.05) is 19.5 Å². The van der Waals surface area contributed by atoms with Gasteiger partial charge < -0.3 is 9.84 Å². The third kappa shape index (κ3) is 5.88. The zero-order chi connectivity index (χ0) is 14.3. The van der Waals surface area contributed by atoms with E-state index < -0.39 is 22.0 Å². The van der Waals surface area contributed by atoms with E-state index in [2.05, 4.69) is 4.72 Å². The van der Waals surface area contributed by atoms with E-state index in [1.165, 1.54) is 7.11 Å². The number of carbonyl (C=O) groups is 1. The van der Waals surface area contributed by atoms with Gasteiger partial charge in [0.25, 0.3) is 0 Å². The predicted molar refractivity (Wildman–Crippen MR) is 71.4 cm³/mol. The number of rotatable bonds is 8. The molecule has 0 heterocycles. The van der Waals surface area contributed by atoms with E-state index in [0.29, 0.717) is 13.0 Å². The third-order valence-corrected chi connectivity index (χ3v) is 4.89. The summed E-state index contributed by atoms with van der Waals surface area (Å²) in [5.74, 6) is -1.28. The summed E-state index contributed by atoms with van der Waals surface area (Å²) in [7, 11) is -2.06. The molecule has 1 aliphatic rings. The predicted octanol–water partition coefficient (Wildman–Crippen LogP) is 0.976. The van der Waals surface area contributed by atoms with Crippen LogP contribution in [0.3, 0.4) is 0 Å². The largest absolute Gasteiger partial charge is 0.480 e. The minimum absolute atomic E-state index is 0.0940. The van der Waals surface area contributed by atoms with E-state index in [1.807, 2.05) is 0 Å². The number of ether oxygens (including phenoxy) is 1. The Kier molecular flexibility index (Phi) is 6.74. The van der Waals surface area contributed by atoms with Gasteiger partial charge in [0.1, 0.15) is 6.04 Å². The molecule has 0 spiro atoms. The molecule has 0 aromatic rings. The number of hydrogen-bond acceptors (Lipinski definition) is 4. The van der Waals surface area contributed by atoms with Crippen LogP contribution in [-0.2, 0) is 19.6 Å².